The Labute approximate surface area is 125 Å². The van der Waals surface area contributed by atoms with Crippen molar-refractivity contribution in [3.8, 4) is 11.3 Å². The van der Waals surface area contributed by atoms with Gasteiger partial charge in [-0.15, -0.1) is 0 Å². The number of likely N-dealkylation sites (tertiary alicyclic amines) is 1. The highest BCUT2D eigenvalue weighted by atomic mass is 15.2. The van der Waals surface area contributed by atoms with E-state index in [4.69, 9.17) is 0 Å². The second kappa shape index (κ2) is 6.83. The molecule has 0 aliphatic carbocycles. The summed E-state index contributed by atoms with van der Waals surface area (Å²) in [7, 11) is 2.23. The van der Waals surface area contributed by atoms with Gasteiger partial charge in [-0.2, -0.15) is 5.10 Å². The van der Waals surface area contributed by atoms with Crippen LogP contribution in [-0.2, 0) is 6.54 Å². The molecule has 0 amide bonds. The maximum absolute atomic E-state index is 4.18. The van der Waals surface area contributed by atoms with Gasteiger partial charge in [0.05, 0.1) is 11.9 Å². The van der Waals surface area contributed by atoms with Crippen molar-refractivity contribution in [3.63, 3.8) is 0 Å². The molecule has 2 N–H and O–H groups in total. The van der Waals surface area contributed by atoms with Gasteiger partial charge in [0.25, 0.3) is 0 Å². The molecule has 1 saturated heterocycles. The number of nitrogens with zero attached hydrogens (tertiary/aromatic N) is 3. The quantitative estimate of drug-likeness (QED) is 0.883. The molecule has 1 aliphatic rings. The van der Waals surface area contributed by atoms with Crippen LogP contribution < -0.4 is 5.32 Å². The van der Waals surface area contributed by atoms with Gasteiger partial charge < -0.3 is 10.2 Å². The summed E-state index contributed by atoms with van der Waals surface area (Å²) in [5.74, 6) is 0. The molecule has 1 atom stereocenters. The summed E-state index contributed by atoms with van der Waals surface area (Å²) in [6, 6.07) is 4.66. The number of piperidine rings is 1. The molecule has 5 nitrogen and oxygen atoms in total. The van der Waals surface area contributed by atoms with E-state index in [-0.39, 0.29) is 0 Å². The predicted molar refractivity (Wildman–Crippen MR) is 83.8 cm³/mol. The SMILES string of the molecule is CN1CCCCC1CNCc1cn[nH]c1-c1cccnc1. The second-order valence-electron chi connectivity index (χ2n) is 5.77. The summed E-state index contributed by atoms with van der Waals surface area (Å²) >= 11 is 0. The number of nitrogens with one attached hydrogen (secondary N) is 2. The van der Waals surface area contributed by atoms with E-state index in [0.29, 0.717) is 6.04 Å². The first-order chi connectivity index (χ1) is 10.3. The Kier molecular flexibility index (Phi) is 4.62. The van der Waals surface area contributed by atoms with Crippen molar-refractivity contribution in [2.75, 3.05) is 20.1 Å². The monoisotopic (exact) mass is 285 g/mol. The van der Waals surface area contributed by atoms with E-state index in [1.807, 2.05) is 18.5 Å². The average molecular weight is 285 g/mol. The van der Waals surface area contributed by atoms with Gasteiger partial charge in [0, 0.05) is 42.7 Å². The Morgan fingerprint density at radius 3 is 3.14 bits per heavy atom. The number of H-pyrrole nitrogens is 1. The second-order valence-corrected chi connectivity index (χ2v) is 5.77. The summed E-state index contributed by atoms with van der Waals surface area (Å²) in [5, 5.41) is 10.8. The molecule has 1 unspecified atom stereocenters. The zero-order chi connectivity index (χ0) is 14.5. The molecule has 112 valence electrons. The molecule has 2 aromatic heterocycles. The Bertz CT molecular complexity index is 551. The molecular weight excluding hydrogens is 262 g/mol. The fourth-order valence-electron chi connectivity index (χ4n) is 2.98. The first kappa shape index (κ1) is 14.2. The van der Waals surface area contributed by atoms with Gasteiger partial charge in [-0.25, -0.2) is 0 Å². The standard InChI is InChI=1S/C16H23N5/c1-21-8-3-2-6-15(21)12-18-10-14-11-19-20-16(14)13-5-4-7-17-9-13/h4-5,7,9,11,15,18H,2-3,6,8,10,12H2,1H3,(H,19,20). The van der Waals surface area contributed by atoms with Gasteiger partial charge in [0.1, 0.15) is 0 Å². The van der Waals surface area contributed by atoms with Crippen LogP contribution >= 0.6 is 0 Å². The van der Waals surface area contributed by atoms with E-state index in [0.717, 1.165) is 24.3 Å². The zero-order valence-corrected chi connectivity index (χ0v) is 12.5. The minimum Gasteiger partial charge on any atom is -0.311 e. The third-order valence-corrected chi connectivity index (χ3v) is 4.28. The maximum Gasteiger partial charge on any atom is 0.0710 e. The highest BCUT2D eigenvalue weighted by molar-refractivity contribution is 5.61. The number of aromatic nitrogens is 3. The molecule has 0 spiro atoms. The van der Waals surface area contributed by atoms with Crippen LogP contribution in [0.1, 0.15) is 24.8 Å². The molecule has 5 heteroatoms. The van der Waals surface area contributed by atoms with Crippen LogP contribution in [0.3, 0.4) is 0 Å². The topological polar surface area (TPSA) is 56.8 Å². The molecule has 2 aromatic rings. The van der Waals surface area contributed by atoms with Crippen LogP contribution in [0.25, 0.3) is 11.3 Å². The van der Waals surface area contributed by atoms with Gasteiger partial charge in [0.2, 0.25) is 0 Å². The smallest absolute Gasteiger partial charge is 0.0710 e. The number of hydrogen-bond donors (Lipinski definition) is 2. The third kappa shape index (κ3) is 3.49. The summed E-state index contributed by atoms with van der Waals surface area (Å²) in [6.07, 6.45) is 9.54. The Hall–Kier alpha value is -1.72. The largest absolute Gasteiger partial charge is 0.311 e. The van der Waals surface area contributed by atoms with Crippen molar-refractivity contribution in [2.24, 2.45) is 0 Å². The third-order valence-electron chi connectivity index (χ3n) is 4.28. The molecule has 1 fully saturated rings. The Balaban J connectivity index is 1.58. The van der Waals surface area contributed by atoms with Crippen LogP contribution in [0.4, 0.5) is 0 Å². The fourth-order valence-corrected chi connectivity index (χ4v) is 2.98. The summed E-state index contributed by atoms with van der Waals surface area (Å²) in [6.45, 7) is 3.10. The van der Waals surface area contributed by atoms with Gasteiger partial charge in [-0.3, -0.25) is 10.1 Å². The van der Waals surface area contributed by atoms with E-state index in [9.17, 15) is 0 Å². The molecule has 3 rings (SSSR count). The molecule has 0 aromatic carbocycles. The molecular formula is C16H23N5. The highest BCUT2D eigenvalue weighted by Gasteiger charge is 2.18. The van der Waals surface area contributed by atoms with E-state index < -0.39 is 0 Å². The lowest BCUT2D eigenvalue weighted by Gasteiger charge is -2.32. The maximum atomic E-state index is 4.18. The van der Waals surface area contributed by atoms with Crippen LogP contribution in [0.5, 0.6) is 0 Å². The van der Waals surface area contributed by atoms with E-state index >= 15 is 0 Å². The predicted octanol–water partition coefficient (Wildman–Crippen LogP) is 2.05. The number of aromatic amines is 1. The van der Waals surface area contributed by atoms with Gasteiger partial charge in [-0.1, -0.05) is 6.42 Å². The van der Waals surface area contributed by atoms with Gasteiger partial charge in [0.15, 0.2) is 0 Å². The van der Waals surface area contributed by atoms with E-state index in [2.05, 4.69) is 38.5 Å². The number of likely N-dealkylation sites (N-methyl/N-ethyl adjacent to an activating group) is 1. The normalized spacial score (nSPS) is 19.8. The lowest BCUT2D eigenvalue weighted by molar-refractivity contribution is 0.181. The van der Waals surface area contributed by atoms with Crippen LogP contribution in [-0.4, -0.2) is 46.3 Å². The summed E-state index contributed by atoms with van der Waals surface area (Å²) in [4.78, 5) is 6.64. The van der Waals surface area contributed by atoms with Crippen LogP contribution in [0, 0.1) is 0 Å². The molecule has 0 saturated carbocycles. The highest BCUT2D eigenvalue weighted by Crippen LogP contribution is 2.20. The van der Waals surface area contributed by atoms with Gasteiger partial charge >= 0.3 is 0 Å². The van der Waals surface area contributed by atoms with Crippen molar-refractivity contribution >= 4 is 0 Å². The molecule has 1 aliphatic heterocycles. The average Bonchev–Trinajstić information content (AvgIpc) is 2.99. The summed E-state index contributed by atoms with van der Waals surface area (Å²) in [5.41, 5.74) is 3.34. The molecule has 0 bridgehead atoms. The van der Waals surface area contributed by atoms with Crippen molar-refractivity contribution in [3.05, 3.63) is 36.3 Å². The first-order valence-electron chi connectivity index (χ1n) is 7.68. The number of pyridine rings is 1. The van der Waals surface area contributed by atoms with Crippen LogP contribution in [0.15, 0.2) is 30.7 Å². The molecule has 21 heavy (non-hydrogen) atoms. The summed E-state index contributed by atoms with van der Waals surface area (Å²) < 4.78 is 0. The molecule has 3 heterocycles. The van der Waals surface area contributed by atoms with Gasteiger partial charge in [-0.05, 0) is 38.6 Å². The first-order valence-corrected chi connectivity index (χ1v) is 7.68. The van der Waals surface area contributed by atoms with E-state index in [1.54, 1.807) is 6.20 Å². The van der Waals surface area contributed by atoms with Crippen molar-refractivity contribution < 1.29 is 0 Å². The van der Waals surface area contributed by atoms with Crippen molar-refractivity contribution in [1.82, 2.24) is 25.4 Å². The van der Waals surface area contributed by atoms with E-state index in [1.165, 1.54) is 31.4 Å². The zero-order valence-electron chi connectivity index (χ0n) is 12.5. The lowest BCUT2D eigenvalue weighted by Crippen LogP contribution is -2.42. The fraction of sp³-hybridized carbons (Fsp3) is 0.500. The Morgan fingerprint density at radius 2 is 2.33 bits per heavy atom. The number of rotatable bonds is 5. The van der Waals surface area contributed by atoms with Crippen molar-refractivity contribution in [1.29, 1.82) is 0 Å². The van der Waals surface area contributed by atoms with Crippen LogP contribution in [0.2, 0.25) is 0 Å². The molecule has 0 radical (unpaired) electrons. The number of hydrogen-bond acceptors (Lipinski definition) is 4. The lowest BCUT2D eigenvalue weighted by atomic mass is 10.0. The minimum absolute atomic E-state index is 0.660. The minimum atomic E-state index is 0.660. The Morgan fingerprint density at radius 1 is 1.38 bits per heavy atom. The van der Waals surface area contributed by atoms with Crippen molar-refractivity contribution in [2.45, 2.75) is 31.8 Å².